The number of aromatic nitrogens is 2. The quantitative estimate of drug-likeness (QED) is 0.149. The average Bonchev–Trinajstić information content (AvgIpc) is 0.763. The van der Waals surface area contributed by atoms with Gasteiger partial charge in [0, 0.05) is 37.4 Å². The molecule has 16 aromatic carbocycles. The second-order valence-electron chi connectivity index (χ2n) is 28.4. The van der Waals surface area contributed by atoms with Gasteiger partial charge in [-0.15, -0.1) is 0 Å². The maximum Gasteiger partial charge on any atom is 0.488 e. The van der Waals surface area contributed by atoms with Crippen LogP contribution in [0.25, 0.3) is 66.1 Å². The standard InChI is InChI=1S/C50H33N.C32H21Br.C18H14BNO2/c1-3-17-36(18-4-1)49-41-24-9-11-26-43(41)50(37-19-5-2-6-20-37,44-27-12-10-25-42(44)49)46-33-35(30-31-45(46)49)34-16-15-21-38(32-34)51-47-28-13-7-22-39(47)40-23-8-14-29-48(40)51;33-24-19-20-29-30(21-24)32(23-13-5-2-6-14-23)27-17-9-7-15-25(27)31(29,22-11-3-1-4-12-22)26-16-8-10-18-28(26)32;21-19(22)13-6-5-7-14(12-13)20-17-10-3-1-8-15(17)16-9-2-4-11-18(16)20/h1-33H;1-21H;1-12,21-22H. The van der Waals surface area contributed by atoms with Gasteiger partial charge in [0.15, 0.2) is 0 Å². The van der Waals surface area contributed by atoms with Crippen LogP contribution in [-0.2, 0) is 21.7 Å². The van der Waals surface area contributed by atoms with Crippen molar-refractivity contribution >= 4 is 72.1 Å². The van der Waals surface area contributed by atoms with Crippen LogP contribution in [-0.4, -0.2) is 26.3 Å². The van der Waals surface area contributed by atoms with Crippen LogP contribution in [0.5, 0.6) is 0 Å². The highest BCUT2D eigenvalue weighted by molar-refractivity contribution is 9.10. The fraction of sp³-hybridized carbons (Fsp3) is 0.0400. The normalized spacial score (nSPS) is 17.9. The summed E-state index contributed by atoms with van der Waals surface area (Å²) in [4.78, 5) is 0. The maximum absolute atomic E-state index is 9.42. The number of nitrogens with zero attached hydrogens (tertiary/aromatic N) is 2. The van der Waals surface area contributed by atoms with Crippen molar-refractivity contribution in [2.45, 2.75) is 21.7 Å². The molecule has 2 heterocycles. The molecule has 4 bridgehead atoms. The molecule has 0 fully saturated rings. The van der Waals surface area contributed by atoms with Crippen LogP contribution >= 0.6 is 15.9 Å². The van der Waals surface area contributed by atoms with Crippen molar-refractivity contribution in [2.24, 2.45) is 0 Å². The van der Waals surface area contributed by atoms with Crippen LogP contribution in [0.2, 0.25) is 0 Å². The number of fused-ring (bicyclic) bond motifs is 6. The summed E-state index contributed by atoms with van der Waals surface area (Å²) in [6.45, 7) is 0. The fourth-order valence-electron chi connectivity index (χ4n) is 19.5. The Kier molecular flexibility index (Phi) is 14.9. The SMILES string of the molecule is Brc1ccc2c(c1)C1(c3ccccc3)c3ccccc3C2(c2ccccc2)c2ccccc21.OB(O)c1cccc(-n2c3ccccc3c3ccccc32)c1.c1ccc(C23c4ccccc4C(c4ccccc4)(c4ccccc42)c2cc(-c4cccc(-n5c6ccccc6c6ccccc65)c4)ccc23)cc1. The zero-order valence-electron chi connectivity index (χ0n) is 57.8. The Labute approximate surface area is 625 Å². The predicted molar refractivity (Wildman–Crippen MR) is 438 cm³/mol. The molecule has 4 nitrogen and oxygen atoms in total. The van der Waals surface area contributed by atoms with Gasteiger partial charge >= 0.3 is 7.12 Å². The number of para-hydroxylation sites is 4. The van der Waals surface area contributed by atoms with E-state index in [2.05, 4.69) is 377 Å². The molecule has 0 spiro atoms. The lowest BCUT2D eigenvalue weighted by molar-refractivity contribution is 0.425. The van der Waals surface area contributed by atoms with Gasteiger partial charge in [-0.25, -0.2) is 0 Å². The molecule has 0 saturated heterocycles. The predicted octanol–water partition coefficient (Wildman–Crippen LogP) is 22.1. The molecule has 500 valence electrons. The fourth-order valence-corrected chi connectivity index (χ4v) is 19.8. The van der Waals surface area contributed by atoms with E-state index in [1.165, 1.54) is 138 Å². The van der Waals surface area contributed by atoms with Gasteiger partial charge < -0.3 is 19.2 Å². The molecule has 0 unspecified atom stereocenters. The van der Waals surface area contributed by atoms with E-state index in [1.807, 2.05) is 42.5 Å². The third-order valence-electron chi connectivity index (χ3n) is 23.4. The van der Waals surface area contributed by atoms with Crippen LogP contribution < -0.4 is 5.46 Å². The Morgan fingerprint density at radius 1 is 0.217 bits per heavy atom. The molecule has 0 radical (unpaired) electrons. The number of hydrogen-bond donors (Lipinski definition) is 2. The van der Waals surface area contributed by atoms with Crippen LogP contribution in [0.1, 0.15) is 89.0 Å². The van der Waals surface area contributed by atoms with Crippen molar-refractivity contribution in [3.05, 3.63) is 494 Å². The minimum absolute atomic E-state index is 0.346. The molecule has 106 heavy (non-hydrogen) atoms. The smallest absolute Gasteiger partial charge is 0.423 e. The van der Waals surface area contributed by atoms with E-state index in [9.17, 15) is 10.0 Å². The van der Waals surface area contributed by atoms with E-state index in [0.29, 0.717) is 5.46 Å². The van der Waals surface area contributed by atoms with Crippen LogP contribution in [0.15, 0.2) is 405 Å². The molecule has 2 N–H and O–H groups in total. The Balaban J connectivity index is 0.000000116. The molecule has 0 aliphatic heterocycles. The summed E-state index contributed by atoms with van der Waals surface area (Å²) in [7, 11) is -1.46. The summed E-state index contributed by atoms with van der Waals surface area (Å²) in [5.41, 5.74) is 29.7. The second-order valence-corrected chi connectivity index (χ2v) is 29.3. The van der Waals surface area contributed by atoms with Crippen LogP contribution in [0.4, 0.5) is 0 Å². The van der Waals surface area contributed by atoms with Crippen molar-refractivity contribution < 1.29 is 10.0 Å². The zero-order chi connectivity index (χ0) is 70.7. The highest BCUT2D eigenvalue weighted by Crippen LogP contribution is 2.68. The van der Waals surface area contributed by atoms with E-state index in [1.54, 1.807) is 6.07 Å². The minimum Gasteiger partial charge on any atom is -0.423 e. The van der Waals surface area contributed by atoms with Gasteiger partial charge in [-0.05, 0) is 172 Å². The van der Waals surface area contributed by atoms with Gasteiger partial charge in [-0.1, -0.05) is 350 Å². The first kappa shape index (κ1) is 63.3. The molecular weight excluding hydrogens is 1350 g/mol. The average molecular weight is 1420 g/mol. The first-order chi connectivity index (χ1) is 52.3. The first-order valence-electron chi connectivity index (χ1n) is 36.5. The van der Waals surface area contributed by atoms with Crippen molar-refractivity contribution in [3.8, 4) is 22.5 Å². The third kappa shape index (κ3) is 8.96. The van der Waals surface area contributed by atoms with Gasteiger partial charge in [0.05, 0.1) is 43.7 Å². The maximum atomic E-state index is 9.42. The van der Waals surface area contributed by atoms with Crippen molar-refractivity contribution in [1.82, 2.24) is 9.13 Å². The number of benzene rings is 16. The molecule has 18 aromatic rings. The van der Waals surface area contributed by atoms with Crippen molar-refractivity contribution in [1.29, 1.82) is 0 Å². The van der Waals surface area contributed by atoms with E-state index >= 15 is 0 Å². The largest absolute Gasteiger partial charge is 0.488 e. The molecule has 6 aliphatic rings. The Morgan fingerprint density at radius 2 is 0.491 bits per heavy atom. The van der Waals surface area contributed by atoms with Crippen LogP contribution in [0, 0.1) is 0 Å². The van der Waals surface area contributed by atoms with Crippen molar-refractivity contribution in [3.63, 3.8) is 0 Å². The Bertz CT molecular complexity index is 6280. The van der Waals surface area contributed by atoms with Crippen molar-refractivity contribution in [2.75, 3.05) is 0 Å². The molecule has 0 atom stereocenters. The topological polar surface area (TPSA) is 50.3 Å². The first-order valence-corrected chi connectivity index (χ1v) is 37.3. The van der Waals surface area contributed by atoms with Gasteiger partial charge in [-0.2, -0.15) is 0 Å². The summed E-state index contributed by atoms with van der Waals surface area (Å²) >= 11 is 3.81. The third-order valence-corrected chi connectivity index (χ3v) is 23.9. The summed E-state index contributed by atoms with van der Waals surface area (Å²) in [6, 6.07) is 146. The molecule has 0 amide bonds. The zero-order valence-corrected chi connectivity index (χ0v) is 59.4. The lowest BCUT2D eigenvalue weighted by Crippen LogP contribution is -2.51. The molecular formula is C100H68BBrN2O2. The lowest BCUT2D eigenvalue weighted by atomic mass is 9.44. The molecule has 6 heteroatoms. The van der Waals surface area contributed by atoms with E-state index in [4.69, 9.17) is 0 Å². The van der Waals surface area contributed by atoms with Gasteiger partial charge in [0.1, 0.15) is 0 Å². The summed E-state index contributed by atoms with van der Waals surface area (Å²) < 4.78 is 5.68. The summed E-state index contributed by atoms with van der Waals surface area (Å²) in [5.74, 6) is 0. The van der Waals surface area contributed by atoms with E-state index in [0.717, 1.165) is 21.2 Å². The number of hydrogen-bond acceptors (Lipinski definition) is 2. The molecule has 0 saturated carbocycles. The molecule has 2 aromatic heterocycles. The van der Waals surface area contributed by atoms with Gasteiger partial charge in [0.2, 0.25) is 0 Å². The van der Waals surface area contributed by atoms with Gasteiger partial charge in [0.25, 0.3) is 0 Å². The highest BCUT2D eigenvalue weighted by atomic mass is 79.9. The number of rotatable bonds is 8. The number of halogens is 1. The highest BCUT2D eigenvalue weighted by Gasteiger charge is 2.62. The Morgan fingerprint density at radius 3 is 0.849 bits per heavy atom. The van der Waals surface area contributed by atoms with Crippen LogP contribution in [0.3, 0.4) is 0 Å². The minimum atomic E-state index is -1.46. The Hall–Kier alpha value is -12.4. The van der Waals surface area contributed by atoms with Gasteiger partial charge in [-0.3, -0.25) is 0 Å². The summed E-state index contributed by atoms with van der Waals surface area (Å²) in [6.07, 6.45) is 0. The molecule has 24 rings (SSSR count). The second kappa shape index (κ2) is 24.9. The lowest BCUT2D eigenvalue weighted by Gasteiger charge is -2.57. The summed E-state index contributed by atoms with van der Waals surface area (Å²) in [5, 5.41) is 23.8. The monoisotopic (exact) mass is 1420 g/mol. The van der Waals surface area contributed by atoms with E-state index in [-0.39, 0.29) is 10.8 Å². The van der Waals surface area contributed by atoms with E-state index < -0.39 is 17.9 Å². The molecule has 6 aliphatic carbocycles.